The van der Waals surface area contributed by atoms with E-state index < -0.39 is 0 Å². The largest absolute Gasteiger partial charge is 0.271 e. The number of aryl methyl sites for hydroxylation is 2. The van der Waals surface area contributed by atoms with E-state index in [9.17, 15) is 4.39 Å². The highest BCUT2D eigenvalue weighted by Crippen LogP contribution is 2.40. The van der Waals surface area contributed by atoms with Gasteiger partial charge in [0.25, 0.3) is 0 Å². The first-order valence-electron chi connectivity index (χ1n) is 8.16. The second kappa shape index (κ2) is 6.89. The van der Waals surface area contributed by atoms with Gasteiger partial charge in [-0.25, -0.2) is 4.39 Å². The molecule has 0 bridgehead atoms. The van der Waals surface area contributed by atoms with Gasteiger partial charge >= 0.3 is 0 Å². The molecule has 1 aliphatic rings. The van der Waals surface area contributed by atoms with Gasteiger partial charge in [0.15, 0.2) is 0 Å². The van der Waals surface area contributed by atoms with Gasteiger partial charge in [-0.2, -0.15) is 0 Å². The van der Waals surface area contributed by atoms with Crippen molar-refractivity contribution in [2.75, 3.05) is 0 Å². The van der Waals surface area contributed by atoms with Crippen molar-refractivity contribution in [1.82, 2.24) is 5.43 Å². The summed E-state index contributed by atoms with van der Waals surface area (Å²) in [5.74, 6) is 7.65. The van der Waals surface area contributed by atoms with Crippen molar-refractivity contribution in [3.05, 3.63) is 34.6 Å². The van der Waals surface area contributed by atoms with Crippen LogP contribution in [0.1, 0.15) is 62.3 Å². The molecule has 21 heavy (non-hydrogen) atoms. The Balaban J connectivity index is 2.18. The van der Waals surface area contributed by atoms with E-state index in [2.05, 4.69) is 19.3 Å². The molecule has 0 radical (unpaired) electrons. The van der Waals surface area contributed by atoms with Gasteiger partial charge in [-0.3, -0.25) is 11.3 Å². The third-order valence-corrected chi connectivity index (χ3v) is 5.20. The van der Waals surface area contributed by atoms with E-state index >= 15 is 0 Å². The SMILES string of the molecule is Cc1cc(C)c(C(NN)C2CCC(C(C)C)CC2)c(F)c1. The minimum atomic E-state index is -0.124. The third-order valence-electron chi connectivity index (χ3n) is 5.20. The number of hydrazine groups is 1. The van der Waals surface area contributed by atoms with Crippen LogP contribution in [0.2, 0.25) is 0 Å². The van der Waals surface area contributed by atoms with Gasteiger partial charge in [0.2, 0.25) is 0 Å². The highest BCUT2D eigenvalue weighted by Gasteiger charge is 2.31. The third kappa shape index (κ3) is 3.64. The van der Waals surface area contributed by atoms with Crippen LogP contribution in [0.25, 0.3) is 0 Å². The number of hydrogen-bond donors (Lipinski definition) is 2. The Morgan fingerprint density at radius 3 is 2.14 bits per heavy atom. The van der Waals surface area contributed by atoms with Gasteiger partial charge in [0, 0.05) is 5.56 Å². The van der Waals surface area contributed by atoms with E-state index in [-0.39, 0.29) is 11.9 Å². The molecular formula is C18H29FN2. The zero-order valence-electron chi connectivity index (χ0n) is 13.7. The van der Waals surface area contributed by atoms with Crippen molar-refractivity contribution < 1.29 is 4.39 Å². The fraction of sp³-hybridized carbons (Fsp3) is 0.667. The van der Waals surface area contributed by atoms with Gasteiger partial charge in [0.1, 0.15) is 5.82 Å². The number of rotatable bonds is 4. The van der Waals surface area contributed by atoms with Gasteiger partial charge in [-0.15, -0.1) is 0 Å². The average molecular weight is 292 g/mol. The molecule has 0 amide bonds. The Labute approximate surface area is 128 Å². The molecular weight excluding hydrogens is 263 g/mol. The first-order chi connectivity index (χ1) is 9.93. The average Bonchev–Trinajstić information content (AvgIpc) is 2.42. The van der Waals surface area contributed by atoms with Crippen LogP contribution < -0.4 is 11.3 Å². The molecule has 0 saturated heterocycles. The highest BCUT2D eigenvalue weighted by molar-refractivity contribution is 5.34. The summed E-state index contributed by atoms with van der Waals surface area (Å²) in [6, 6.07) is 3.59. The highest BCUT2D eigenvalue weighted by atomic mass is 19.1. The lowest BCUT2D eigenvalue weighted by molar-refractivity contribution is 0.187. The minimum absolute atomic E-state index is 0.0706. The van der Waals surface area contributed by atoms with E-state index in [0.717, 1.165) is 41.4 Å². The predicted molar refractivity (Wildman–Crippen MR) is 86.2 cm³/mol. The van der Waals surface area contributed by atoms with Gasteiger partial charge in [-0.05, 0) is 74.5 Å². The molecule has 1 aliphatic carbocycles. The predicted octanol–water partition coefficient (Wildman–Crippen LogP) is 4.41. The fourth-order valence-electron chi connectivity index (χ4n) is 3.92. The maximum Gasteiger partial charge on any atom is 0.128 e. The smallest absolute Gasteiger partial charge is 0.128 e. The Kier molecular flexibility index (Phi) is 5.39. The van der Waals surface area contributed by atoms with Crippen molar-refractivity contribution in [2.45, 2.75) is 59.4 Å². The molecule has 0 aromatic heterocycles. The summed E-state index contributed by atoms with van der Waals surface area (Å²) in [4.78, 5) is 0. The molecule has 1 unspecified atom stereocenters. The number of hydrogen-bond acceptors (Lipinski definition) is 2. The summed E-state index contributed by atoms with van der Waals surface area (Å²) in [6.07, 6.45) is 4.72. The van der Waals surface area contributed by atoms with E-state index in [1.807, 2.05) is 19.9 Å². The van der Waals surface area contributed by atoms with E-state index in [4.69, 9.17) is 5.84 Å². The monoisotopic (exact) mass is 292 g/mol. The molecule has 0 heterocycles. The quantitative estimate of drug-likeness (QED) is 0.637. The van der Waals surface area contributed by atoms with E-state index in [0.29, 0.717) is 5.92 Å². The van der Waals surface area contributed by atoms with Crippen molar-refractivity contribution in [1.29, 1.82) is 0 Å². The van der Waals surface area contributed by atoms with Gasteiger partial charge < -0.3 is 0 Å². The molecule has 3 N–H and O–H groups in total. The van der Waals surface area contributed by atoms with Gasteiger partial charge in [-0.1, -0.05) is 19.9 Å². The van der Waals surface area contributed by atoms with Crippen LogP contribution in [0.5, 0.6) is 0 Å². The number of nitrogens with two attached hydrogens (primary N) is 1. The summed E-state index contributed by atoms with van der Waals surface area (Å²) in [7, 11) is 0. The van der Waals surface area contributed by atoms with Crippen LogP contribution >= 0.6 is 0 Å². The maximum absolute atomic E-state index is 14.4. The van der Waals surface area contributed by atoms with E-state index in [1.165, 1.54) is 12.8 Å². The molecule has 1 saturated carbocycles. The Bertz CT molecular complexity index is 453. The first kappa shape index (κ1) is 16.4. The summed E-state index contributed by atoms with van der Waals surface area (Å²) < 4.78 is 14.4. The van der Waals surface area contributed by atoms with Crippen molar-refractivity contribution in [3.8, 4) is 0 Å². The second-order valence-corrected chi connectivity index (χ2v) is 7.04. The molecule has 0 aliphatic heterocycles. The molecule has 2 rings (SSSR count). The Hall–Kier alpha value is -0.930. The topological polar surface area (TPSA) is 38.0 Å². The first-order valence-corrected chi connectivity index (χ1v) is 8.16. The number of nitrogens with one attached hydrogen (secondary N) is 1. The molecule has 1 atom stereocenters. The molecule has 2 nitrogen and oxygen atoms in total. The van der Waals surface area contributed by atoms with Crippen LogP contribution in [-0.2, 0) is 0 Å². The van der Waals surface area contributed by atoms with Crippen molar-refractivity contribution >= 4 is 0 Å². The zero-order valence-corrected chi connectivity index (χ0v) is 13.7. The lowest BCUT2D eigenvalue weighted by Gasteiger charge is -2.36. The standard InChI is InChI=1S/C18H29FN2/c1-11(2)14-5-7-15(8-6-14)18(21-20)17-13(4)9-12(3)10-16(17)19/h9-11,14-15,18,21H,5-8,20H2,1-4H3. The van der Waals surface area contributed by atoms with Crippen LogP contribution in [0.4, 0.5) is 4.39 Å². The lowest BCUT2D eigenvalue weighted by Crippen LogP contribution is -2.36. The number of benzene rings is 1. The number of halogens is 1. The van der Waals surface area contributed by atoms with Crippen molar-refractivity contribution in [3.63, 3.8) is 0 Å². The van der Waals surface area contributed by atoms with Crippen LogP contribution in [0.15, 0.2) is 12.1 Å². The molecule has 3 heteroatoms. The normalized spacial score (nSPS) is 24.3. The van der Waals surface area contributed by atoms with Crippen LogP contribution in [0, 0.1) is 37.4 Å². The van der Waals surface area contributed by atoms with Crippen molar-refractivity contribution in [2.24, 2.45) is 23.6 Å². The molecule has 1 fully saturated rings. The Morgan fingerprint density at radius 1 is 1.10 bits per heavy atom. The zero-order chi connectivity index (χ0) is 15.6. The minimum Gasteiger partial charge on any atom is -0.271 e. The molecule has 1 aromatic carbocycles. The summed E-state index contributed by atoms with van der Waals surface area (Å²) in [6.45, 7) is 8.51. The summed E-state index contributed by atoms with van der Waals surface area (Å²) in [5, 5.41) is 0. The summed E-state index contributed by atoms with van der Waals surface area (Å²) in [5.41, 5.74) is 5.62. The molecule has 118 valence electrons. The van der Waals surface area contributed by atoms with E-state index in [1.54, 1.807) is 6.07 Å². The van der Waals surface area contributed by atoms with Crippen LogP contribution in [0.3, 0.4) is 0 Å². The second-order valence-electron chi connectivity index (χ2n) is 7.04. The van der Waals surface area contributed by atoms with Gasteiger partial charge in [0.05, 0.1) is 6.04 Å². The summed E-state index contributed by atoms with van der Waals surface area (Å²) >= 11 is 0. The Morgan fingerprint density at radius 2 is 1.67 bits per heavy atom. The maximum atomic E-state index is 14.4. The lowest BCUT2D eigenvalue weighted by atomic mass is 9.73. The fourth-order valence-corrected chi connectivity index (χ4v) is 3.92. The molecule has 0 spiro atoms. The molecule has 1 aromatic rings. The van der Waals surface area contributed by atoms with Crippen LogP contribution in [-0.4, -0.2) is 0 Å².